The van der Waals surface area contributed by atoms with Gasteiger partial charge in [-0.2, -0.15) is 26.3 Å². The molecule has 11 heteroatoms. The highest BCUT2D eigenvalue weighted by Crippen LogP contribution is 2.36. The van der Waals surface area contributed by atoms with Crippen molar-refractivity contribution >= 4 is 11.8 Å². The number of nitrogens with one attached hydrogen (secondary N) is 1. The molecule has 0 saturated carbocycles. The van der Waals surface area contributed by atoms with Gasteiger partial charge in [-0.1, -0.05) is 0 Å². The van der Waals surface area contributed by atoms with Crippen LogP contribution in [0.5, 0.6) is 0 Å². The first-order valence-corrected chi connectivity index (χ1v) is 11.4. The lowest BCUT2D eigenvalue weighted by Gasteiger charge is -2.37. The molecule has 2 saturated heterocycles. The lowest BCUT2D eigenvalue weighted by Crippen LogP contribution is -2.48. The molecule has 5 nitrogen and oxygen atoms in total. The third kappa shape index (κ3) is 6.86. The molecule has 0 unspecified atom stereocenters. The Morgan fingerprint density at radius 2 is 1.50 bits per heavy atom. The molecule has 1 atom stereocenters. The highest BCUT2D eigenvalue weighted by molar-refractivity contribution is 5.94. The van der Waals surface area contributed by atoms with Gasteiger partial charge in [0.05, 0.1) is 17.7 Å². The van der Waals surface area contributed by atoms with Crippen LogP contribution in [0.3, 0.4) is 0 Å². The van der Waals surface area contributed by atoms with Crippen LogP contribution in [0.4, 0.5) is 26.3 Å². The number of carbonyl (C=O) groups is 2. The molecule has 34 heavy (non-hydrogen) atoms. The number of halogens is 6. The zero-order valence-corrected chi connectivity index (χ0v) is 18.9. The summed E-state index contributed by atoms with van der Waals surface area (Å²) in [5.74, 6) is -0.852. The Bertz CT molecular complexity index is 846. The van der Waals surface area contributed by atoms with Crippen LogP contribution in [0.25, 0.3) is 0 Å². The van der Waals surface area contributed by atoms with E-state index in [0.717, 1.165) is 25.8 Å². The SMILES string of the molecule is C[C@@H]1CCCCN1C(=O)CN1CCC(CNC(=O)c2cc(C(F)(F)F)cc(C(F)(F)F)c2)CC1. The standard InChI is InChI=1S/C23H29F6N3O2/c1-15-4-2-3-7-32(15)20(33)14-31-8-5-16(6-9-31)13-30-21(34)17-10-18(22(24,25)26)12-19(11-17)23(27,28)29/h10-12,15-16H,2-9,13-14H2,1H3,(H,30,34)/t15-/m1/s1. The predicted molar refractivity (Wildman–Crippen MR) is 113 cm³/mol. The van der Waals surface area contributed by atoms with Gasteiger partial charge < -0.3 is 10.2 Å². The van der Waals surface area contributed by atoms with Crippen molar-refractivity contribution in [1.82, 2.24) is 15.1 Å². The number of amides is 2. The number of carbonyl (C=O) groups excluding carboxylic acids is 2. The van der Waals surface area contributed by atoms with Crippen molar-refractivity contribution in [3.63, 3.8) is 0 Å². The third-order valence-corrected chi connectivity index (χ3v) is 6.59. The topological polar surface area (TPSA) is 52.7 Å². The van der Waals surface area contributed by atoms with E-state index < -0.39 is 35.0 Å². The molecular formula is C23H29F6N3O2. The van der Waals surface area contributed by atoms with Gasteiger partial charge in [0.1, 0.15) is 0 Å². The molecule has 3 rings (SSSR count). The molecule has 0 spiro atoms. The Kier molecular flexibility index (Phi) is 8.15. The maximum absolute atomic E-state index is 13.0. The van der Waals surface area contributed by atoms with E-state index in [0.29, 0.717) is 44.6 Å². The molecule has 2 aliphatic heterocycles. The summed E-state index contributed by atoms with van der Waals surface area (Å²) in [6, 6.07) is 1.10. The van der Waals surface area contributed by atoms with Crippen LogP contribution in [-0.2, 0) is 17.1 Å². The number of rotatable bonds is 5. The number of likely N-dealkylation sites (tertiary alicyclic amines) is 2. The molecule has 1 aromatic rings. The fourth-order valence-electron chi connectivity index (χ4n) is 4.52. The van der Waals surface area contributed by atoms with Crippen LogP contribution < -0.4 is 5.32 Å². The lowest BCUT2D eigenvalue weighted by molar-refractivity contribution is -0.143. The van der Waals surface area contributed by atoms with Gasteiger partial charge in [-0.05, 0) is 76.2 Å². The van der Waals surface area contributed by atoms with Gasteiger partial charge in [-0.25, -0.2) is 0 Å². The molecule has 1 N–H and O–H groups in total. The molecule has 2 fully saturated rings. The normalized spacial score (nSPS) is 20.9. The van der Waals surface area contributed by atoms with Crippen molar-refractivity contribution in [2.24, 2.45) is 5.92 Å². The maximum atomic E-state index is 13.0. The fourth-order valence-corrected chi connectivity index (χ4v) is 4.52. The number of piperidine rings is 2. The van der Waals surface area contributed by atoms with E-state index >= 15 is 0 Å². The summed E-state index contributed by atoms with van der Waals surface area (Å²) in [6.45, 7) is 4.56. The monoisotopic (exact) mass is 493 g/mol. The van der Waals surface area contributed by atoms with Crippen molar-refractivity contribution in [3.8, 4) is 0 Å². The Hall–Kier alpha value is -2.30. The third-order valence-electron chi connectivity index (χ3n) is 6.59. The zero-order valence-electron chi connectivity index (χ0n) is 18.9. The maximum Gasteiger partial charge on any atom is 0.416 e. The number of hydrogen-bond donors (Lipinski definition) is 1. The summed E-state index contributed by atoms with van der Waals surface area (Å²) in [5.41, 5.74) is -3.72. The molecule has 190 valence electrons. The van der Waals surface area contributed by atoms with Crippen molar-refractivity contribution < 1.29 is 35.9 Å². The lowest BCUT2D eigenvalue weighted by atomic mass is 9.96. The van der Waals surface area contributed by atoms with Crippen molar-refractivity contribution in [1.29, 1.82) is 0 Å². The Morgan fingerprint density at radius 3 is 2.03 bits per heavy atom. The molecule has 2 amide bonds. The second-order valence-corrected chi connectivity index (χ2v) is 9.16. The minimum Gasteiger partial charge on any atom is -0.352 e. The summed E-state index contributed by atoms with van der Waals surface area (Å²) >= 11 is 0. The van der Waals surface area contributed by atoms with Crippen LogP contribution in [0.15, 0.2) is 18.2 Å². The van der Waals surface area contributed by atoms with Crippen LogP contribution in [-0.4, -0.2) is 60.4 Å². The molecule has 0 radical (unpaired) electrons. The number of benzene rings is 1. The van der Waals surface area contributed by atoms with Gasteiger partial charge in [-0.15, -0.1) is 0 Å². The largest absolute Gasteiger partial charge is 0.416 e. The first-order valence-electron chi connectivity index (χ1n) is 11.4. The van der Waals surface area contributed by atoms with Crippen LogP contribution in [0, 0.1) is 5.92 Å². The smallest absolute Gasteiger partial charge is 0.352 e. The molecular weight excluding hydrogens is 464 g/mol. The number of hydrogen-bond acceptors (Lipinski definition) is 3. The van der Waals surface area contributed by atoms with Crippen LogP contribution in [0.1, 0.15) is 60.5 Å². The second kappa shape index (κ2) is 10.5. The van der Waals surface area contributed by atoms with E-state index in [9.17, 15) is 35.9 Å². The first-order chi connectivity index (χ1) is 15.8. The van der Waals surface area contributed by atoms with E-state index in [1.54, 1.807) is 0 Å². The van der Waals surface area contributed by atoms with Gasteiger partial charge in [-0.3, -0.25) is 14.5 Å². The van der Waals surface area contributed by atoms with Crippen molar-refractivity contribution in [3.05, 3.63) is 34.9 Å². The molecule has 0 bridgehead atoms. The summed E-state index contributed by atoms with van der Waals surface area (Å²) in [4.78, 5) is 28.9. The highest BCUT2D eigenvalue weighted by atomic mass is 19.4. The quantitative estimate of drug-likeness (QED) is 0.612. The highest BCUT2D eigenvalue weighted by Gasteiger charge is 2.37. The van der Waals surface area contributed by atoms with E-state index in [4.69, 9.17) is 0 Å². The minimum atomic E-state index is -5.01. The summed E-state index contributed by atoms with van der Waals surface area (Å²) in [7, 11) is 0. The zero-order chi connectivity index (χ0) is 25.1. The van der Waals surface area contributed by atoms with Crippen LogP contribution in [0.2, 0.25) is 0 Å². The molecule has 0 aromatic heterocycles. The minimum absolute atomic E-state index is 0.00156. The molecule has 0 aliphatic carbocycles. The summed E-state index contributed by atoms with van der Waals surface area (Å²) < 4.78 is 78.1. The van der Waals surface area contributed by atoms with Gasteiger partial charge >= 0.3 is 12.4 Å². The van der Waals surface area contributed by atoms with Gasteiger partial charge in [0, 0.05) is 24.7 Å². The average molecular weight is 493 g/mol. The van der Waals surface area contributed by atoms with E-state index in [1.807, 2.05) is 16.7 Å². The summed E-state index contributed by atoms with van der Waals surface area (Å²) in [5, 5.41) is 2.47. The predicted octanol–water partition coefficient (Wildman–Crippen LogP) is 4.57. The number of nitrogens with zero attached hydrogens (tertiary/aromatic N) is 2. The van der Waals surface area contributed by atoms with E-state index in [-0.39, 0.29) is 30.5 Å². The van der Waals surface area contributed by atoms with Gasteiger partial charge in [0.25, 0.3) is 5.91 Å². The Morgan fingerprint density at radius 1 is 0.912 bits per heavy atom. The van der Waals surface area contributed by atoms with Crippen molar-refractivity contribution in [2.75, 3.05) is 32.7 Å². The Labute approximate surface area is 194 Å². The average Bonchev–Trinajstić information content (AvgIpc) is 2.77. The van der Waals surface area contributed by atoms with E-state index in [1.165, 1.54) is 0 Å². The van der Waals surface area contributed by atoms with Gasteiger partial charge in [0.15, 0.2) is 0 Å². The molecule has 2 heterocycles. The van der Waals surface area contributed by atoms with Gasteiger partial charge in [0.2, 0.25) is 5.91 Å². The number of alkyl halides is 6. The molecule has 2 aliphatic rings. The van der Waals surface area contributed by atoms with Crippen LogP contribution >= 0.6 is 0 Å². The first kappa shape index (κ1) is 26.3. The summed E-state index contributed by atoms with van der Waals surface area (Å²) in [6.07, 6.45) is -5.55. The fraction of sp³-hybridized carbons (Fsp3) is 0.652. The van der Waals surface area contributed by atoms with Crippen molar-refractivity contribution in [2.45, 2.75) is 57.4 Å². The van der Waals surface area contributed by atoms with E-state index in [2.05, 4.69) is 5.32 Å². The Balaban J connectivity index is 1.52. The second-order valence-electron chi connectivity index (χ2n) is 9.16. The molecule has 1 aromatic carbocycles.